The van der Waals surface area contributed by atoms with Crippen LogP contribution in [0.5, 0.6) is 0 Å². The van der Waals surface area contributed by atoms with Gasteiger partial charge in [0.15, 0.2) is 5.69 Å². The lowest BCUT2D eigenvalue weighted by atomic mass is 10.1. The number of nitrogens with one attached hydrogen (secondary N) is 2. The van der Waals surface area contributed by atoms with Gasteiger partial charge in [0, 0.05) is 11.7 Å². The van der Waals surface area contributed by atoms with Gasteiger partial charge in [-0.2, -0.15) is 0 Å². The average Bonchev–Trinajstić information content (AvgIpc) is 2.69. The summed E-state index contributed by atoms with van der Waals surface area (Å²) in [5, 5.41) is 14.4. The summed E-state index contributed by atoms with van der Waals surface area (Å²) >= 11 is 0. The molecule has 3 aromatic rings. The molecule has 2 N–H and O–H groups in total. The third kappa shape index (κ3) is 4.25. The van der Waals surface area contributed by atoms with E-state index in [-0.39, 0.29) is 17.6 Å². The molecule has 5 nitrogen and oxygen atoms in total. The number of hydrogen-bond donors (Lipinski definition) is 2. The first-order chi connectivity index (χ1) is 12.7. The molecule has 0 saturated carbocycles. The lowest BCUT2D eigenvalue weighted by molar-refractivity contribution is 0.102. The first kappa shape index (κ1) is 17.6. The summed E-state index contributed by atoms with van der Waals surface area (Å²) in [4.78, 5) is 12.4. The Morgan fingerprint density at radius 1 is 0.962 bits per heavy atom. The van der Waals surface area contributed by atoms with Crippen molar-refractivity contribution < 1.29 is 4.79 Å². The van der Waals surface area contributed by atoms with E-state index in [0.29, 0.717) is 5.82 Å². The maximum Gasteiger partial charge on any atom is 0.276 e. The molecule has 0 spiro atoms. The van der Waals surface area contributed by atoms with Gasteiger partial charge in [-0.25, -0.2) is 0 Å². The topological polar surface area (TPSA) is 66.9 Å². The number of aryl methyl sites for hydroxylation is 1. The molecule has 0 aliphatic carbocycles. The predicted molar refractivity (Wildman–Crippen MR) is 104 cm³/mol. The first-order valence-corrected chi connectivity index (χ1v) is 8.72. The van der Waals surface area contributed by atoms with Crippen LogP contribution in [0.25, 0.3) is 0 Å². The minimum absolute atomic E-state index is 0.0987. The molecule has 0 fully saturated rings. The van der Waals surface area contributed by atoms with E-state index in [2.05, 4.69) is 46.8 Å². The molecule has 1 unspecified atom stereocenters. The zero-order valence-corrected chi connectivity index (χ0v) is 14.9. The third-order valence-corrected chi connectivity index (χ3v) is 4.21. The number of anilines is 2. The van der Waals surface area contributed by atoms with E-state index < -0.39 is 0 Å². The molecule has 1 atom stereocenters. The second-order valence-electron chi connectivity index (χ2n) is 6.05. The van der Waals surface area contributed by atoms with Gasteiger partial charge >= 0.3 is 0 Å². The van der Waals surface area contributed by atoms with Crippen molar-refractivity contribution in [1.82, 2.24) is 10.2 Å². The van der Waals surface area contributed by atoms with Crippen LogP contribution in [0.3, 0.4) is 0 Å². The SMILES string of the molecule is CCc1ccccc1NC(=O)c1ccc(NC(C)c2ccccc2)nn1. The molecule has 3 rings (SSSR count). The summed E-state index contributed by atoms with van der Waals surface area (Å²) < 4.78 is 0. The molecule has 0 bridgehead atoms. The first-order valence-electron chi connectivity index (χ1n) is 8.72. The van der Waals surface area contributed by atoms with Crippen molar-refractivity contribution in [2.24, 2.45) is 0 Å². The average molecular weight is 346 g/mol. The molecule has 1 amide bonds. The number of hydrogen-bond acceptors (Lipinski definition) is 4. The monoisotopic (exact) mass is 346 g/mol. The Labute approximate surface area is 153 Å². The third-order valence-electron chi connectivity index (χ3n) is 4.21. The van der Waals surface area contributed by atoms with Crippen LogP contribution in [0, 0.1) is 0 Å². The number of nitrogens with zero attached hydrogens (tertiary/aromatic N) is 2. The van der Waals surface area contributed by atoms with Crippen molar-refractivity contribution in [3.8, 4) is 0 Å². The highest BCUT2D eigenvalue weighted by Gasteiger charge is 2.11. The Morgan fingerprint density at radius 2 is 1.69 bits per heavy atom. The summed E-state index contributed by atoms with van der Waals surface area (Å²) in [7, 11) is 0. The Hall–Kier alpha value is -3.21. The van der Waals surface area contributed by atoms with Crippen LogP contribution in [0.4, 0.5) is 11.5 Å². The summed E-state index contributed by atoms with van der Waals surface area (Å²) in [6.45, 7) is 4.11. The lowest BCUT2D eigenvalue weighted by Crippen LogP contribution is -2.16. The van der Waals surface area contributed by atoms with Gasteiger partial charge in [0.2, 0.25) is 0 Å². The molecular weight excluding hydrogens is 324 g/mol. The van der Waals surface area contributed by atoms with Crippen molar-refractivity contribution in [2.75, 3.05) is 10.6 Å². The number of carbonyl (C=O) groups excluding carboxylic acids is 1. The molecular formula is C21H22N4O. The van der Waals surface area contributed by atoms with Crippen molar-refractivity contribution in [1.29, 1.82) is 0 Å². The zero-order valence-electron chi connectivity index (χ0n) is 14.9. The van der Waals surface area contributed by atoms with E-state index in [9.17, 15) is 4.79 Å². The summed E-state index contributed by atoms with van der Waals surface area (Å²) in [6.07, 6.45) is 0.850. The van der Waals surface area contributed by atoms with Gasteiger partial charge in [-0.15, -0.1) is 10.2 Å². The predicted octanol–water partition coefficient (Wildman–Crippen LogP) is 4.46. The van der Waals surface area contributed by atoms with Crippen LogP contribution in [-0.4, -0.2) is 16.1 Å². The van der Waals surface area contributed by atoms with Crippen molar-refractivity contribution in [2.45, 2.75) is 26.3 Å². The Bertz CT molecular complexity index is 863. The van der Waals surface area contributed by atoms with Gasteiger partial charge < -0.3 is 10.6 Å². The van der Waals surface area contributed by atoms with E-state index in [1.807, 2.05) is 42.5 Å². The van der Waals surface area contributed by atoms with Crippen molar-refractivity contribution in [3.05, 3.63) is 83.6 Å². The summed E-state index contributed by atoms with van der Waals surface area (Å²) in [6, 6.07) is 21.4. The van der Waals surface area contributed by atoms with Crippen LogP contribution in [0.2, 0.25) is 0 Å². The van der Waals surface area contributed by atoms with Crippen molar-refractivity contribution >= 4 is 17.4 Å². The Balaban J connectivity index is 1.66. The molecule has 0 aliphatic heterocycles. The molecule has 0 saturated heterocycles. The van der Waals surface area contributed by atoms with Crippen molar-refractivity contribution in [3.63, 3.8) is 0 Å². The molecule has 0 radical (unpaired) electrons. The number of amides is 1. The minimum atomic E-state index is -0.263. The molecule has 26 heavy (non-hydrogen) atoms. The maximum absolute atomic E-state index is 12.4. The molecule has 2 aromatic carbocycles. The second kappa shape index (κ2) is 8.25. The van der Waals surface area contributed by atoms with E-state index in [1.54, 1.807) is 12.1 Å². The van der Waals surface area contributed by atoms with E-state index in [0.717, 1.165) is 23.2 Å². The standard InChI is InChI=1S/C21H22N4O/c1-3-16-9-7-8-12-18(16)23-21(26)19-13-14-20(25-24-19)22-15(2)17-10-5-4-6-11-17/h4-15H,3H2,1-2H3,(H,22,25)(H,23,26). The summed E-state index contributed by atoms with van der Waals surface area (Å²) in [5.74, 6) is 0.368. The van der Waals surface area contributed by atoms with Gasteiger partial charge in [-0.1, -0.05) is 55.5 Å². The van der Waals surface area contributed by atoms with Crippen LogP contribution < -0.4 is 10.6 Å². The fraction of sp³-hybridized carbons (Fsp3) is 0.190. The van der Waals surface area contributed by atoms with Crippen LogP contribution in [-0.2, 0) is 6.42 Å². The molecule has 1 aromatic heterocycles. The highest BCUT2D eigenvalue weighted by atomic mass is 16.1. The minimum Gasteiger partial charge on any atom is -0.362 e. The van der Waals surface area contributed by atoms with Crippen LogP contribution in [0.15, 0.2) is 66.7 Å². The fourth-order valence-electron chi connectivity index (χ4n) is 2.71. The summed E-state index contributed by atoms with van der Waals surface area (Å²) in [5.41, 5.74) is 3.34. The number of rotatable bonds is 6. The normalized spacial score (nSPS) is 11.6. The molecule has 5 heteroatoms. The van der Waals surface area contributed by atoms with Gasteiger partial charge in [0.25, 0.3) is 5.91 Å². The van der Waals surface area contributed by atoms with Gasteiger partial charge in [-0.05, 0) is 42.7 Å². The van der Waals surface area contributed by atoms with E-state index in [4.69, 9.17) is 0 Å². The second-order valence-corrected chi connectivity index (χ2v) is 6.05. The van der Waals surface area contributed by atoms with Gasteiger partial charge in [-0.3, -0.25) is 4.79 Å². The fourth-order valence-corrected chi connectivity index (χ4v) is 2.71. The van der Waals surface area contributed by atoms with E-state index >= 15 is 0 Å². The van der Waals surface area contributed by atoms with E-state index in [1.165, 1.54) is 0 Å². The number of benzene rings is 2. The quantitative estimate of drug-likeness (QED) is 0.691. The number of carbonyl (C=O) groups is 1. The van der Waals surface area contributed by atoms with Crippen LogP contribution >= 0.6 is 0 Å². The number of para-hydroxylation sites is 1. The maximum atomic E-state index is 12.4. The zero-order chi connectivity index (χ0) is 18.4. The largest absolute Gasteiger partial charge is 0.362 e. The Kier molecular flexibility index (Phi) is 5.59. The highest BCUT2D eigenvalue weighted by molar-refractivity contribution is 6.03. The molecule has 1 heterocycles. The molecule has 0 aliphatic rings. The smallest absolute Gasteiger partial charge is 0.276 e. The van der Waals surface area contributed by atoms with Crippen LogP contribution in [0.1, 0.15) is 41.5 Å². The highest BCUT2D eigenvalue weighted by Crippen LogP contribution is 2.18. The Morgan fingerprint density at radius 3 is 2.38 bits per heavy atom. The molecule has 132 valence electrons. The lowest BCUT2D eigenvalue weighted by Gasteiger charge is -2.14. The van der Waals surface area contributed by atoms with Gasteiger partial charge in [0.1, 0.15) is 5.82 Å². The number of aromatic nitrogens is 2. The van der Waals surface area contributed by atoms with Gasteiger partial charge in [0.05, 0.1) is 0 Å².